The standard InChI is InChI=1S/C25H26N4O6S/c1-34-21-4-2-3-5-22(21)35-14-23-28-20(15-36-23)25(31)27-18-10-8-17(9-11-18)26-24(30)16-6-12-19(13-7-16)29(32)33/h2-7,12-13,15,17-18H,8-11,14H2,1H3,(H,26,30)(H,27,31). The minimum atomic E-state index is -0.500. The summed E-state index contributed by atoms with van der Waals surface area (Å²) in [7, 11) is 1.58. The van der Waals surface area contributed by atoms with Crippen LogP contribution in [0.15, 0.2) is 53.9 Å². The van der Waals surface area contributed by atoms with E-state index in [9.17, 15) is 19.7 Å². The van der Waals surface area contributed by atoms with Crippen molar-refractivity contribution in [2.75, 3.05) is 7.11 Å². The molecule has 10 nitrogen and oxygen atoms in total. The predicted molar refractivity (Wildman–Crippen MR) is 134 cm³/mol. The first-order valence-corrected chi connectivity index (χ1v) is 12.4. The SMILES string of the molecule is COc1ccccc1OCc1nc(C(=O)NC2CCC(NC(=O)c3ccc([N+](=O)[O-])cc3)CC2)cs1. The van der Waals surface area contributed by atoms with E-state index in [1.54, 1.807) is 12.5 Å². The normalized spacial score (nSPS) is 17.1. The summed E-state index contributed by atoms with van der Waals surface area (Å²) < 4.78 is 11.0. The van der Waals surface area contributed by atoms with E-state index in [4.69, 9.17) is 9.47 Å². The van der Waals surface area contributed by atoms with Gasteiger partial charge in [0.15, 0.2) is 11.5 Å². The van der Waals surface area contributed by atoms with Crippen LogP contribution in [0.4, 0.5) is 5.69 Å². The number of hydrogen-bond acceptors (Lipinski definition) is 8. The molecule has 0 unspecified atom stereocenters. The summed E-state index contributed by atoms with van der Waals surface area (Å²) in [6.07, 6.45) is 2.90. The van der Waals surface area contributed by atoms with Crippen LogP contribution in [0.1, 0.15) is 51.5 Å². The molecule has 11 heteroatoms. The number of nitro benzene ring substituents is 1. The zero-order valence-electron chi connectivity index (χ0n) is 19.6. The number of carbonyl (C=O) groups excluding carboxylic acids is 2. The number of nitrogens with one attached hydrogen (secondary N) is 2. The molecule has 1 aliphatic rings. The third-order valence-corrected chi connectivity index (χ3v) is 6.76. The van der Waals surface area contributed by atoms with Crippen LogP contribution in [-0.4, -0.2) is 40.9 Å². The molecule has 0 spiro atoms. The van der Waals surface area contributed by atoms with E-state index in [1.165, 1.54) is 35.6 Å². The van der Waals surface area contributed by atoms with Gasteiger partial charge in [-0.3, -0.25) is 19.7 Å². The number of benzene rings is 2. The van der Waals surface area contributed by atoms with Crippen molar-refractivity contribution in [1.82, 2.24) is 15.6 Å². The Hall–Kier alpha value is -3.99. The molecule has 4 rings (SSSR count). The third-order valence-electron chi connectivity index (χ3n) is 5.94. The Kier molecular flexibility index (Phi) is 8.11. The van der Waals surface area contributed by atoms with E-state index >= 15 is 0 Å². The molecule has 2 amide bonds. The van der Waals surface area contributed by atoms with Gasteiger partial charge in [-0.05, 0) is 49.9 Å². The molecule has 0 aliphatic heterocycles. The molecule has 1 aromatic heterocycles. The molecular formula is C25H26N4O6S. The lowest BCUT2D eigenvalue weighted by molar-refractivity contribution is -0.384. The average Bonchev–Trinajstić information content (AvgIpc) is 3.38. The topological polar surface area (TPSA) is 133 Å². The van der Waals surface area contributed by atoms with Crippen molar-refractivity contribution in [3.05, 3.63) is 80.3 Å². The first kappa shape index (κ1) is 25.1. The van der Waals surface area contributed by atoms with Gasteiger partial charge in [-0.2, -0.15) is 0 Å². The van der Waals surface area contributed by atoms with Crippen LogP contribution in [0.3, 0.4) is 0 Å². The summed E-state index contributed by atoms with van der Waals surface area (Å²) in [4.78, 5) is 39.8. The minimum Gasteiger partial charge on any atom is -0.493 e. The molecule has 0 atom stereocenters. The quantitative estimate of drug-likeness (QED) is 0.327. The van der Waals surface area contributed by atoms with Gasteiger partial charge in [0.05, 0.1) is 12.0 Å². The van der Waals surface area contributed by atoms with Crippen LogP contribution in [0.2, 0.25) is 0 Å². The Balaban J connectivity index is 1.22. The lowest BCUT2D eigenvalue weighted by atomic mass is 9.91. The van der Waals surface area contributed by atoms with Crippen molar-refractivity contribution < 1.29 is 24.0 Å². The summed E-state index contributed by atoms with van der Waals surface area (Å²) in [6, 6.07) is 12.8. The number of carbonyl (C=O) groups is 2. The van der Waals surface area contributed by atoms with Crippen molar-refractivity contribution >= 4 is 28.8 Å². The number of thiazole rings is 1. The van der Waals surface area contributed by atoms with E-state index in [1.807, 2.05) is 24.3 Å². The third kappa shape index (κ3) is 6.36. The Bertz CT molecular complexity index is 1220. The fraction of sp³-hybridized carbons (Fsp3) is 0.320. The van der Waals surface area contributed by atoms with Gasteiger partial charge >= 0.3 is 0 Å². The lowest BCUT2D eigenvalue weighted by Crippen LogP contribution is -2.43. The van der Waals surface area contributed by atoms with Gasteiger partial charge in [0.1, 0.15) is 17.3 Å². The molecule has 188 valence electrons. The minimum absolute atomic E-state index is 0.00000632. The number of aromatic nitrogens is 1. The summed E-state index contributed by atoms with van der Waals surface area (Å²) in [5.74, 6) is 0.751. The summed E-state index contributed by atoms with van der Waals surface area (Å²) in [5.41, 5.74) is 0.677. The van der Waals surface area contributed by atoms with Gasteiger partial charge in [0.2, 0.25) is 0 Å². The molecule has 1 fully saturated rings. The molecule has 3 aromatic rings. The van der Waals surface area contributed by atoms with E-state index in [2.05, 4.69) is 15.6 Å². The molecule has 2 N–H and O–H groups in total. The monoisotopic (exact) mass is 510 g/mol. The maximum atomic E-state index is 12.7. The van der Waals surface area contributed by atoms with E-state index in [-0.39, 0.29) is 36.2 Å². The smallest absolute Gasteiger partial charge is 0.270 e. The van der Waals surface area contributed by atoms with Gasteiger partial charge in [-0.15, -0.1) is 11.3 Å². The van der Waals surface area contributed by atoms with E-state index < -0.39 is 4.92 Å². The van der Waals surface area contributed by atoms with Gasteiger partial charge in [-0.1, -0.05) is 12.1 Å². The van der Waals surface area contributed by atoms with Crippen LogP contribution < -0.4 is 20.1 Å². The predicted octanol–water partition coefficient (Wildman–Crippen LogP) is 4.11. The molecule has 0 saturated heterocycles. The van der Waals surface area contributed by atoms with Crippen molar-refractivity contribution in [1.29, 1.82) is 0 Å². The van der Waals surface area contributed by atoms with Gasteiger partial charge in [0.25, 0.3) is 17.5 Å². The number of ether oxygens (including phenoxy) is 2. The summed E-state index contributed by atoms with van der Waals surface area (Å²) in [5, 5.41) is 19.2. The highest BCUT2D eigenvalue weighted by Gasteiger charge is 2.25. The molecule has 1 saturated carbocycles. The maximum absolute atomic E-state index is 12.7. The van der Waals surface area contributed by atoms with E-state index in [0.717, 1.165) is 25.7 Å². The number of non-ortho nitro benzene ring substituents is 1. The fourth-order valence-corrected chi connectivity index (χ4v) is 4.69. The number of nitrogens with zero attached hydrogens (tertiary/aromatic N) is 2. The number of nitro groups is 1. The second-order valence-corrected chi connectivity index (χ2v) is 9.31. The highest BCUT2D eigenvalue weighted by molar-refractivity contribution is 7.09. The van der Waals surface area contributed by atoms with Crippen molar-refractivity contribution in [3.63, 3.8) is 0 Å². The summed E-state index contributed by atoms with van der Waals surface area (Å²) >= 11 is 1.36. The van der Waals surface area contributed by atoms with Crippen LogP contribution >= 0.6 is 11.3 Å². The highest BCUT2D eigenvalue weighted by atomic mass is 32.1. The zero-order chi connectivity index (χ0) is 25.5. The highest BCUT2D eigenvalue weighted by Crippen LogP contribution is 2.27. The molecule has 1 heterocycles. The van der Waals surface area contributed by atoms with Gasteiger partial charge in [-0.25, -0.2) is 4.98 Å². The van der Waals surface area contributed by atoms with Crippen LogP contribution in [0, 0.1) is 10.1 Å². The first-order chi connectivity index (χ1) is 17.4. The van der Waals surface area contributed by atoms with Crippen LogP contribution in [0.25, 0.3) is 0 Å². The molecule has 0 bridgehead atoms. The molecule has 1 aliphatic carbocycles. The number of methoxy groups -OCH3 is 1. The average molecular weight is 511 g/mol. The molecule has 0 radical (unpaired) electrons. The number of para-hydroxylation sites is 2. The van der Waals surface area contributed by atoms with Crippen molar-refractivity contribution in [2.45, 2.75) is 44.4 Å². The van der Waals surface area contributed by atoms with Crippen LogP contribution in [-0.2, 0) is 6.61 Å². The van der Waals surface area contributed by atoms with Gasteiger partial charge in [0, 0.05) is 35.2 Å². The second-order valence-electron chi connectivity index (χ2n) is 8.37. The van der Waals surface area contributed by atoms with Crippen molar-refractivity contribution in [2.24, 2.45) is 0 Å². The maximum Gasteiger partial charge on any atom is 0.270 e. The number of hydrogen-bond donors (Lipinski definition) is 2. The number of rotatable bonds is 9. The number of amides is 2. The summed E-state index contributed by atoms with van der Waals surface area (Å²) in [6.45, 7) is 0.234. The molecule has 36 heavy (non-hydrogen) atoms. The fourth-order valence-electron chi connectivity index (χ4n) is 4.00. The lowest BCUT2D eigenvalue weighted by Gasteiger charge is -2.29. The van der Waals surface area contributed by atoms with Crippen LogP contribution in [0.5, 0.6) is 11.5 Å². The van der Waals surface area contributed by atoms with Crippen molar-refractivity contribution in [3.8, 4) is 11.5 Å². The molecule has 2 aromatic carbocycles. The molecular weight excluding hydrogens is 484 g/mol. The Morgan fingerprint density at radius 2 is 1.61 bits per heavy atom. The Morgan fingerprint density at radius 1 is 1.00 bits per heavy atom. The largest absolute Gasteiger partial charge is 0.493 e. The van der Waals surface area contributed by atoms with Gasteiger partial charge < -0.3 is 20.1 Å². The second kappa shape index (κ2) is 11.6. The Labute approximate surface area is 211 Å². The first-order valence-electron chi connectivity index (χ1n) is 11.5. The zero-order valence-corrected chi connectivity index (χ0v) is 20.5. The van der Waals surface area contributed by atoms with E-state index in [0.29, 0.717) is 27.8 Å². The Morgan fingerprint density at radius 3 is 2.22 bits per heavy atom.